The van der Waals surface area contributed by atoms with Crippen molar-refractivity contribution in [3.05, 3.63) is 18.2 Å². The summed E-state index contributed by atoms with van der Waals surface area (Å²) in [4.78, 5) is 9.13. The summed E-state index contributed by atoms with van der Waals surface area (Å²) >= 11 is 0. The van der Waals surface area contributed by atoms with Gasteiger partial charge in [0.15, 0.2) is 0 Å². The van der Waals surface area contributed by atoms with Crippen molar-refractivity contribution < 1.29 is 5.11 Å². The fraction of sp³-hybridized carbons (Fsp3) is 0.750. The first-order valence-corrected chi connectivity index (χ1v) is 6.31. The van der Waals surface area contributed by atoms with Gasteiger partial charge >= 0.3 is 0 Å². The first-order valence-electron chi connectivity index (χ1n) is 6.31. The van der Waals surface area contributed by atoms with Crippen LogP contribution in [0.5, 0.6) is 0 Å². The molecule has 1 saturated heterocycles. The lowest BCUT2D eigenvalue weighted by Crippen LogP contribution is -2.47. The molecule has 0 amide bonds. The molecule has 0 aromatic carbocycles. The zero-order valence-electron chi connectivity index (χ0n) is 10.5. The summed E-state index contributed by atoms with van der Waals surface area (Å²) < 4.78 is 2.09. The third-order valence-corrected chi connectivity index (χ3v) is 3.45. The number of piperazine rings is 1. The van der Waals surface area contributed by atoms with Gasteiger partial charge < -0.3 is 14.6 Å². The second kappa shape index (κ2) is 6.14. The number of aliphatic hydroxyl groups excluding tert-OH is 1. The van der Waals surface area contributed by atoms with Gasteiger partial charge in [-0.25, -0.2) is 4.98 Å². The first kappa shape index (κ1) is 12.5. The lowest BCUT2D eigenvalue weighted by atomic mass is 10.3. The Bertz CT molecular complexity index is 331. The Morgan fingerprint density at radius 2 is 1.82 bits per heavy atom. The van der Waals surface area contributed by atoms with Gasteiger partial charge in [0.25, 0.3) is 0 Å². The number of hydrogen-bond acceptors (Lipinski definition) is 4. The summed E-state index contributed by atoms with van der Waals surface area (Å²) in [5, 5.41) is 8.88. The van der Waals surface area contributed by atoms with Crippen molar-refractivity contribution in [2.24, 2.45) is 7.05 Å². The van der Waals surface area contributed by atoms with Crippen LogP contribution in [-0.4, -0.2) is 70.3 Å². The number of imidazole rings is 1. The lowest BCUT2D eigenvalue weighted by Gasteiger charge is -2.34. The molecule has 0 atom stereocenters. The van der Waals surface area contributed by atoms with Gasteiger partial charge in [-0.1, -0.05) is 0 Å². The van der Waals surface area contributed by atoms with Crippen molar-refractivity contribution in [3.63, 3.8) is 0 Å². The molecule has 1 fully saturated rings. The number of aliphatic hydroxyl groups is 1. The molecular formula is C12H22N4O. The molecule has 1 N–H and O–H groups in total. The molecule has 96 valence electrons. The second-order valence-corrected chi connectivity index (χ2v) is 4.61. The minimum atomic E-state index is 0.271. The minimum absolute atomic E-state index is 0.271. The van der Waals surface area contributed by atoms with Crippen LogP contribution < -0.4 is 0 Å². The van der Waals surface area contributed by atoms with E-state index in [2.05, 4.69) is 19.4 Å². The highest BCUT2D eigenvalue weighted by atomic mass is 16.3. The van der Waals surface area contributed by atoms with Crippen molar-refractivity contribution >= 4 is 0 Å². The summed E-state index contributed by atoms with van der Waals surface area (Å²) in [6, 6.07) is 0. The summed E-state index contributed by atoms with van der Waals surface area (Å²) in [7, 11) is 2.04. The molecule has 0 spiro atoms. The van der Waals surface area contributed by atoms with Crippen LogP contribution in [0.4, 0.5) is 0 Å². The monoisotopic (exact) mass is 238 g/mol. The Labute approximate surface area is 103 Å². The van der Waals surface area contributed by atoms with Crippen LogP contribution >= 0.6 is 0 Å². The standard InChI is InChI=1S/C12H22N4O/c1-14-5-3-13-12(14)2-4-15-6-8-16(9-7-15)10-11-17/h3,5,17H,2,4,6-11H2,1H3. The van der Waals surface area contributed by atoms with Gasteiger partial charge in [-0.2, -0.15) is 0 Å². The highest BCUT2D eigenvalue weighted by molar-refractivity contribution is 4.92. The zero-order valence-corrected chi connectivity index (χ0v) is 10.5. The normalized spacial score (nSPS) is 18.7. The van der Waals surface area contributed by atoms with Gasteiger partial charge in [0.1, 0.15) is 5.82 Å². The summed E-state index contributed by atoms with van der Waals surface area (Å²) in [6.07, 6.45) is 4.87. The lowest BCUT2D eigenvalue weighted by molar-refractivity contribution is 0.113. The van der Waals surface area contributed by atoms with E-state index < -0.39 is 0 Å². The van der Waals surface area contributed by atoms with Crippen molar-refractivity contribution in [3.8, 4) is 0 Å². The summed E-state index contributed by atoms with van der Waals surface area (Å²) in [5.74, 6) is 1.16. The predicted molar refractivity (Wildman–Crippen MR) is 66.9 cm³/mol. The molecular weight excluding hydrogens is 216 g/mol. The Morgan fingerprint density at radius 1 is 1.18 bits per heavy atom. The van der Waals surface area contributed by atoms with Gasteiger partial charge in [-0.05, 0) is 0 Å². The molecule has 2 heterocycles. The molecule has 1 aliphatic heterocycles. The Hall–Kier alpha value is -0.910. The molecule has 0 radical (unpaired) electrons. The van der Waals surface area contributed by atoms with Crippen molar-refractivity contribution in [1.29, 1.82) is 0 Å². The topological polar surface area (TPSA) is 44.5 Å². The van der Waals surface area contributed by atoms with E-state index in [-0.39, 0.29) is 6.61 Å². The Morgan fingerprint density at radius 3 is 2.35 bits per heavy atom. The van der Waals surface area contributed by atoms with Crippen LogP contribution in [0, 0.1) is 0 Å². The number of aryl methyl sites for hydroxylation is 1. The smallest absolute Gasteiger partial charge is 0.109 e. The largest absolute Gasteiger partial charge is 0.395 e. The number of nitrogens with zero attached hydrogens (tertiary/aromatic N) is 4. The molecule has 1 aliphatic rings. The molecule has 17 heavy (non-hydrogen) atoms. The SMILES string of the molecule is Cn1ccnc1CCN1CCN(CCO)CC1. The Kier molecular flexibility index (Phi) is 4.53. The van der Waals surface area contributed by atoms with E-state index in [4.69, 9.17) is 5.11 Å². The van der Waals surface area contributed by atoms with E-state index in [1.54, 1.807) is 0 Å². The molecule has 0 bridgehead atoms. The van der Waals surface area contributed by atoms with E-state index in [1.165, 1.54) is 0 Å². The number of hydrogen-bond donors (Lipinski definition) is 1. The maximum Gasteiger partial charge on any atom is 0.109 e. The fourth-order valence-corrected chi connectivity index (χ4v) is 2.27. The van der Waals surface area contributed by atoms with E-state index in [0.717, 1.165) is 51.5 Å². The average molecular weight is 238 g/mol. The maximum absolute atomic E-state index is 8.88. The van der Waals surface area contributed by atoms with Crippen LogP contribution in [0.1, 0.15) is 5.82 Å². The molecule has 0 aliphatic carbocycles. The predicted octanol–water partition coefficient (Wildman–Crippen LogP) is -0.427. The molecule has 0 unspecified atom stereocenters. The van der Waals surface area contributed by atoms with Crippen LogP contribution in [0.3, 0.4) is 0 Å². The summed E-state index contributed by atoms with van der Waals surface area (Å²) in [6.45, 7) is 6.51. The van der Waals surface area contributed by atoms with E-state index in [0.29, 0.717) is 0 Å². The number of rotatable bonds is 5. The van der Waals surface area contributed by atoms with Gasteiger partial charge in [-0.15, -0.1) is 0 Å². The molecule has 1 aromatic heterocycles. The van der Waals surface area contributed by atoms with Crippen LogP contribution in [-0.2, 0) is 13.5 Å². The minimum Gasteiger partial charge on any atom is -0.395 e. The zero-order chi connectivity index (χ0) is 12.1. The quantitative estimate of drug-likeness (QED) is 0.756. The third kappa shape index (κ3) is 3.52. The van der Waals surface area contributed by atoms with Crippen LogP contribution in [0.2, 0.25) is 0 Å². The molecule has 1 aromatic rings. The van der Waals surface area contributed by atoms with Crippen LogP contribution in [0.15, 0.2) is 12.4 Å². The van der Waals surface area contributed by atoms with Crippen LogP contribution in [0.25, 0.3) is 0 Å². The van der Waals surface area contributed by atoms with E-state index in [9.17, 15) is 0 Å². The number of β-amino-alcohol motifs (C(OH)–C–C–N with tert-alkyl or cyclic N) is 1. The molecule has 2 rings (SSSR count). The van der Waals surface area contributed by atoms with Gasteiger partial charge in [-0.3, -0.25) is 4.90 Å². The van der Waals surface area contributed by atoms with Crippen molar-refractivity contribution in [2.45, 2.75) is 6.42 Å². The van der Waals surface area contributed by atoms with E-state index >= 15 is 0 Å². The molecule has 5 nitrogen and oxygen atoms in total. The third-order valence-electron chi connectivity index (χ3n) is 3.45. The van der Waals surface area contributed by atoms with Gasteiger partial charge in [0, 0.05) is 65.1 Å². The highest BCUT2D eigenvalue weighted by Gasteiger charge is 2.16. The number of aromatic nitrogens is 2. The maximum atomic E-state index is 8.88. The second-order valence-electron chi connectivity index (χ2n) is 4.61. The van der Waals surface area contributed by atoms with Crippen molar-refractivity contribution in [2.75, 3.05) is 45.9 Å². The highest BCUT2D eigenvalue weighted by Crippen LogP contribution is 2.03. The first-order chi connectivity index (χ1) is 8.29. The molecule has 5 heteroatoms. The van der Waals surface area contributed by atoms with Gasteiger partial charge in [0.05, 0.1) is 6.61 Å². The summed E-state index contributed by atoms with van der Waals surface area (Å²) in [5.41, 5.74) is 0. The van der Waals surface area contributed by atoms with Crippen molar-refractivity contribution in [1.82, 2.24) is 19.4 Å². The molecule has 0 saturated carbocycles. The van der Waals surface area contributed by atoms with Gasteiger partial charge in [0.2, 0.25) is 0 Å². The average Bonchev–Trinajstić information content (AvgIpc) is 2.75. The van der Waals surface area contributed by atoms with E-state index in [1.807, 2.05) is 19.4 Å². The fourth-order valence-electron chi connectivity index (χ4n) is 2.27. The Balaban J connectivity index is 1.70.